The smallest absolute Gasteiger partial charge is 0.252 e. The number of thiophene rings is 1. The summed E-state index contributed by atoms with van der Waals surface area (Å²) in [4.78, 5) is 27.9. The van der Waals surface area contributed by atoms with Gasteiger partial charge in [0, 0.05) is 22.6 Å². The largest absolute Gasteiger partial charge is 0.497 e. The second-order valence-electron chi connectivity index (χ2n) is 7.36. The summed E-state index contributed by atoms with van der Waals surface area (Å²) >= 11 is 1.63. The molecular formula is C22H26N4O4S. The number of hydrogen-bond donors (Lipinski definition) is 3. The molecule has 0 aliphatic rings. The Kier molecular flexibility index (Phi) is 6.96. The van der Waals surface area contributed by atoms with E-state index in [-0.39, 0.29) is 11.8 Å². The third-order valence-corrected chi connectivity index (χ3v) is 5.72. The average molecular weight is 443 g/mol. The molecule has 31 heavy (non-hydrogen) atoms. The molecular weight excluding hydrogens is 416 g/mol. The molecule has 1 unspecified atom stereocenters. The Bertz CT molecular complexity index is 1050. The SMILES string of the molecule is COc1cc(OC)cc(C(=O)NC(C(=O)Nc2cc(-c3ccc(C)s3)[nH]n2)C(C)C)c1. The number of hydrogen-bond acceptors (Lipinski definition) is 6. The van der Waals surface area contributed by atoms with Gasteiger partial charge in [-0.2, -0.15) is 5.10 Å². The first kappa shape index (κ1) is 22.4. The van der Waals surface area contributed by atoms with Crippen LogP contribution in [0.3, 0.4) is 0 Å². The number of aromatic nitrogens is 2. The minimum atomic E-state index is -0.756. The van der Waals surface area contributed by atoms with Crippen molar-refractivity contribution in [3.8, 4) is 22.1 Å². The minimum absolute atomic E-state index is 0.144. The second kappa shape index (κ2) is 9.65. The highest BCUT2D eigenvalue weighted by atomic mass is 32.1. The molecule has 8 nitrogen and oxygen atoms in total. The molecule has 0 aliphatic carbocycles. The van der Waals surface area contributed by atoms with Crippen LogP contribution in [0.1, 0.15) is 29.1 Å². The van der Waals surface area contributed by atoms with Gasteiger partial charge in [0.2, 0.25) is 5.91 Å². The highest BCUT2D eigenvalue weighted by Gasteiger charge is 2.26. The predicted molar refractivity (Wildman–Crippen MR) is 121 cm³/mol. The number of aryl methyl sites for hydroxylation is 1. The molecule has 0 bridgehead atoms. The van der Waals surface area contributed by atoms with Crippen molar-refractivity contribution in [1.29, 1.82) is 0 Å². The van der Waals surface area contributed by atoms with Crippen molar-refractivity contribution in [1.82, 2.24) is 15.5 Å². The van der Waals surface area contributed by atoms with Gasteiger partial charge < -0.3 is 20.1 Å². The van der Waals surface area contributed by atoms with Crippen LogP contribution in [0.2, 0.25) is 0 Å². The standard InChI is InChI=1S/C22H26N4O4S/c1-12(2)20(24-21(27)14-8-15(29-4)10-16(9-14)30-5)22(28)23-19-11-17(25-26-19)18-7-6-13(3)31-18/h6-12,20H,1-5H3,(H,24,27)(H2,23,25,26,28). The fourth-order valence-electron chi connectivity index (χ4n) is 2.99. The third-order valence-electron chi connectivity index (χ3n) is 4.68. The number of methoxy groups -OCH3 is 2. The van der Waals surface area contributed by atoms with E-state index in [4.69, 9.17) is 9.47 Å². The summed E-state index contributed by atoms with van der Waals surface area (Å²) in [7, 11) is 3.02. The molecule has 0 saturated carbocycles. The zero-order chi connectivity index (χ0) is 22.5. The zero-order valence-electron chi connectivity index (χ0n) is 18.1. The average Bonchev–Trinajstić information content (AvgIpc) is 3.39. The predicted octanol–water partition coefficient (Wildman–Crippen LogP) is 3.86. The lowest BCUT2D eigenvalue weighted by atomic mass is 10.0. The topological polar surface area (TPSA) is 105 Å². The molecule has 1 aromatic carbocycles. The number of anilines is 1. The van der Waals surface area contributed by atoms with E-state index in [2.05, 4.69) is 20.8 Å². The fraction of sp³-hybridized carbons (Fsp3) is 0.318. The Labute approximate surface area is 185 Å². The molecule has 1 atom stereocenters. The summed E-state index contributed by atoms with van der Waals surface area (Å²) < 4.78 is 10.4. The van der Waals surface area contributed by atoms with Gasteiger partial charge in [-0.25, -0.2) is 0 Å². The molecule has 2 heterocycles. The first-order chi connectivity index (χ1) is 14.8. The maximum absolute atomic E-state index is 12.9. The monoisotopic (exact) mass is 442 g/mol. The number of ether oxygens (including phenoxy) is 2. The quantitative estimate of drug-likeness (QED) is 0.491. The third kappa shape index (κ3) is 5.43. The van der Waals surface area contributed by atoms with Crippen LogP contribution >= 0.6 is 11.3 Å². The molecule has 0 radical (unpaired) electrons. The molecule has 3 N–H and O–H groups in total. The molecule has 9 heteroatoms. The van der Waals surface area contributed by atoms with Crippen molar-refractivity contribution >= 4 is 29.0 Å². The number of H-pyrrole nitrogens is 1. The van der Waals surface area contributed by atoms with Crippen molar-refractivity contribution < 1.29 is 19.1 Å². The molecule has 3 rings (SSSR count). The number of carbonyl (C=O) groups is 2. The van der Waals surface area contributed by atoms with E-state index >= 15 is 0 Å². The van der Waals surface area contributed by atoms with Crippen LogP contribution in [0.4, 0.5) is 5.82 Å². The Morgan fingerprint density at radius 3 is 2.29 bits per heavy atom. The maximum atomic E-state index is 12.9. The van der Waals surface area contributed by atoms with Crippen LogP contribution in [-0.2, 0) is 4.79 Å². The Morgan fingerprint density at radius 2 is 1.74 bits per heavy atom. The van der Waals surface area contributed by atoms with Crippen LogP contribution in [0, 0.1) is 12.8 Å². The van der Waals surface area contributed by atoms with Gasteiger partial charge in [-0.15, -0.1) is 11.3 Å². The van der Waals surface area contributed by atoms with E-state index in [1.165, 1.54) is 19.1 Å². The summed E-state index contributed by atoms with van der Waals surface area (Å²) in [5, 5.41) is 12.7. The Morgan fingerprint density at radius 1 is 1.06 bits per heavy atom. The minimum Gasteiger partial charge on any atom is -0.497 e. The molecule has 164 valence electrons. The lowest BCUT2D eigenvalue weighted by Crippen LogP contribution is -2.47. The fourth-order valence-corrected chi connectivity index (χ4v) is 3.83. The number of nitrogens with one attached hydrogen (secondary N) is 3. The zero-order valence-corrected chi connectivity index (χ0v) is 18.9. The van der Waals surface area contributed by atoms with Crippen molar-refractivity contribution in [2.45, 2.75) is 26.8 Å². The van der Waals surface area contributed by atoms with Crippen LogP contribution < -0.4 is 20.1 Å². The number of carbonyl (C=O) groups excluding carboxylic acids is 2. The van der Waals surface area contributed by atoms with Crippen LogP contribution in [-0.4, -0.2) is 42.3 Å². The molecule has 0 saturated heterocycles. The van der Waals surface area contributed by atoms with Crippen molar-refractivity contribution in [3.63, 3.8) is 0 Å². The maximum Gasteiger partial charge on any atom is 0.252 e. The Hall–Kier alpha value is -3.33. The highest BCUT2D eigenvalue weighted by molar-refractivity contribution is 7.15. The second-order valence-corrected chi connectivity index (χ2v) is 8.65. The molecule has 0 spiro atoms. The molecule has 0 aliphatic heterocycles. The van der Waals surface area contributed by atoms with E-state index in [9.17, 15) is 9.59 Å². The molecule has 2 amide bonds. The molecule has 3 aromatic rings. The lowest BCUT2D eigenvalue weighted by molar-refractivity contribution is -0.118. The van der Waals surface area contributed by atoms with Gasteiger partial charge in [0.05, 0.1) is 24.8 Å². The number of aromatic amines is 1. The van der Waals surface area contributed by atoms with Crippen molar-refractivity contribution in [2.24, 2.45) is 5.92 Å². The molecule has 2 aromatic heterocycles. The van der Waals surface area contributed by atoms with E-state index in [0.717, 1.165) is 10.6 Å². The van der Waals surface area contributed by atoms with Crippen LogP contribution in [0.15, 0.2) is 36.4 Å². The van der Waals surface area contributed by atoms with Crippen molar-refractivity contribution in [3.05, 3.63) is 46.8 Å². The van der Waals surface area contributed by atoms with Crippen molar-refractivity contribution in [2.75, 3.05) is 19.5 Å². The van der Waals surface area contributed by atoms with Gasteiger partial charge in [0.1, 0.15) is 17.5 Å². The highest BCUT2D eigenvalue weighted by Crippen LogP contribution is 2.27. The summed E-state index contributed by atoms with van der Waals surface area (Å²) in [6.07, 6.45) is 0. The van der Waals surface area contributed by atoms with Gasteiger partial charge >= 0.3 is 0 Å². The number of nitrogens with zero attached hydrogens (tertiary/aromatic N) is 1. The van der Waals surface area contributed by atoms with Gasteiger partial charge in [0.15, 0.2) is 5.82 Å². The Balaban J connectivity index is 1.72. The van der Waals surface area contributed by atoms with Gasteiger partial charge in [-0.05, 0) is 37.1 Å². The summed E-state index contributed by atoms with van der Waals surface area (Å²) in [5.74, 6) is 0.482. The van der Waals surface area contributed by atoms with Gasteiger partial charge in [-0.1, -0.05) is 13.8 Å². The van der Waals surface area contributed by atoms with Gasteiger partial charge in [-0.3, -0.25) is 14.7 Å². The van der Waals surface area contributed by atoms with E-state index in [0.29, 0.717) is 22.9 Å². The summed E-state index contributed by atoms with van der Waals surface area (Å²) in [6, 6.07) is 9.90. The van der Waals surface area contributed by atoms with E-state index in [1.54, 1.807) is 35.6 Å². The normalized spacial score (nSPS) is 11.8. The van der Waals surface area contributed by atoms with Gasteiger partial charge in [0.25, 0.3) is 5.91 Å². The van der Waals surface area contributed by atoms with E-state index in [1.807, 2.05) is 32.9 Å². The van der Waals surface area contributed by atoms with Crippen LogP contribution in [0.25, 0.3) is 10.6 Å². The number of rotatable bonds is 8. The first-order valence-corrected chi connectivity index (χ1v) is 10.6. The summed E-state index contributed by atoms with van der Waals surface area (Å²) in [5.41, 5.74) is 1.16. The summed E-state index contributed by atoms with van der Waals surface area (Å²) in [6.45, 7) is 5.75. The lowest BCUT2D eigenvalue weighted by Gasteiger charge is -2.21. The molecule has 0 fully saturated rings. The number of amides is 2. The first-order valence-electron chi connectivity index (χ1n) is 9.77. The number of benzene rings is 1. The van der Waals surface area contributed by atoms with E-state index < -0.39 is 11.9 Å². The van der Waals surface area contributed by atoms with Crippen LogP contribution in [0.5, 0.6) is 11.5 Å².